The SMILES string of the molecule is CC(C)C1=C[NH+]=C2C(C(=O)N(C)C(=O)N2C)C1=S. The van der Waals surface area contributed by atoms with Crippen molar-refractivity contribution in [2.24, 2.45) is 11.8 Å². The van der Waals surface area contributed by atoms with Gasteiger partial charge < -0.3 is 0 Å². The van der Waals surface area contributed by atoms with Crippen LogP contribution in [-0.2, 0) is 4.79 Å². The van der Waals surface area contributed by atoms with E-state index in [1.165, 1.54) is 11.9 Å². The molecule has 96 valence electrons. The number of carbonyl (C=O) groups excluding carboxylic acids is 2. The van der Waals surface area contributed by atoms with Gasteiger partial charge in [0.05, 0.1) is 13.2 Å². The van der Waals surface area contributed by atoms with Gasteiger partial charge in [0, 0.05) is 17.5 Å². The maximum atomic E-state index is 12.2. The highest BCUT2D eigenvalue weighted by molar-refractivity contribution is 7.81. The number of carbonyl (C=O) groups is 2. The average molecular weight is 266 g/mol. The predicted octanol–water partition coefficient (Wildman–Crippen LogP) is -0.471. The first-order chi connectivity index (χ1) is 8.36. The van der Waals surface area contributed by atoms with Crippen molar-refractivity contribution in [1.82, 2.24) is 9.80 Å². The van der Waals surface area contributed by atoms with Gasteiger partial charge in [-0.2, -0.15) is 4.90 Å². The van der Waals surface area contributed by atoms with Crippen molar-refractivity contribution in [2.75, 3.05) is 14.1 Å². The first-order valence-corrected chi connectivity index (χ1v) is 6.20. The second-order valence-corrected chi connectivity index (χ2v) is 5.26. The van der Waals surface area contributed by atoms with Crippen LogP contribution >= 0.6 is 12.2 Å². The molecule has 5 nitrogen and oxygen atoms in total. The lowest BCUT2D eigenvalue weighted by atomic mass is 9.87. The number of rotatable bonds is 1. The van der Waals surface area contributed by atoms with Crippen LogP contribution in [0.1, 0.15) is 13.8 Å². The summed E-state index contributed by atoms with van der Waals surface area (Å²) in [5.41, 5.74) is 0.947. The van der Waals surface area contributed by atoms with Crippen LogP contribution < -0.4 is 4.99 Å². The number of hydrogen-bond acceptors (Lipinski definition) is 3. The highest BCUT2D eigenvalue weighted by Gasteiger charge is 2.50. The van der Waals surface area contributed by atoms with Crippen molar-refractivity contribution in [2.45, 2.75) is 13.8 Å². The van der Waals surface area contributed by atoms with Gasteiger partial charge in [0.25, 0.3) is 11.7 Å². The Morgan fingerprint density at radius 3 is 2.44 bits per heavy atom. The molecule has 2 heterocycles. The predicted molar refractivity (Wildman–Crippen MR) is 70.9 cm³/mol. The molecule has 1 atom stereocenters. The Labute approximate surface area is 111 Å². The van der Waals surface area contributed by atoms with E-state index in [9.17, 15) is 9.59 Å². The maximum absolute atomic E-state index is 12.2. The lowest BCUT2D eigenvalue weighted by Gasteiger charge is -2.32. The number of thiocarbonyl (C=S) groups is 1. The zero-order valence-corrected chi connectivity index (χ0v) is 11.7. The molecule has 0 aromatic carbocycles. The zero-order valence-electron chi connectivity index (χ0n) is 10.9. The second-order valence-electron chi connectivity index (χ2n) is 4.82. The van der Waals surface area contributed by atoms with Crippen molar-refractivity contribution in [3.05, 3.63) is 11.8 Å². The van der Waals surface area contributed by atoms with E-state index in [0.29, 0.717) is 10.7 Å². The van der Waals surface area contributed by atoms with Gasteiger partial charge in [-0.3, -0.25) is 4.79 Å². The number of hydrogen-bond donors (Lipinski definition) is 1. The lowest BCUT2D eigenvalue weighted by Crippen LogP contribution is -2.80. The van der Waals surface area contributed by atoms with Gasteiger partial charge in [0.15, 0.2) is 5.92 Å². The van der Waals surface area contributed by atoms with Gasteiger partial charge in [-0.1, -0.05) is 26.1 Å². The van der Waals surface area contributed by atoms with E-state index < -0.39 is 5.92 Å². The number of nitrogens with one attached hydrogen (secondary N) is 1. The molecule has 0 bridgehead atoms. The third-order valence-electron chi connectivity index (χ3n) is 3.33. The molecular formula is C12H16N3O2S+. The standard InChI is InChI=1S/C12H15N3O2S/c1-6(2)7-5-13-10-8(9(7)18)11(16)15(4)12(17)14(10)3/h5-6,8H,1-4H3/p+1. The third kappa shape index (κ3) is 1.68. The van der Waals surface area contributed by atoms with E-state index in [4.69, 9.17) is 12.2 Å². The minimum Gasteiger partial charge on any atom is -0.273 e. The number of nitrogens with zero attached hydrogens (tertiary/aromatic N) is 2. The summed E-state index contributed by atoms with van der Waals surface area (Å²) >= 11 is 5.41. The zero-order chi connectivity index (χ0) is 13.6. The second kappa shape index (κ2) is 4.28. The molecule has 6 heteroatoms. The molecule has 0 saturated carbocycles. The van der Waals surface area contributed by atoms with E-state index >= 15 is 0 Å². The van der Waals surface area contributed by atoms with Crippen LogP contribution in [0.15, 0.2) is 11.8 Å². The van der Waals surface area contributed by atoms with Crippen LogP contribution in [0.5, 0.6) is 0 Å². The molecule has 0 aromatic rings. The van der Waals surface area contributed by atoms with Crippen molar-refractivity contribution in [3.8, 4) is 0 Å². The van der Waals surface area contributed by atoms with Gasteiger partial charge in [0.2, 0.25) is 0 Å². The Morgan fingerprint density at radius 1 is 1.28 bits per heavy atom. The van der Waals surface area contributed by atoms with Gasteiger partial charge in [-0.15, -0.1) is 0 Å². The number of imide groups is 1. The lowest BCUT2D eigenvalue weighted by molar-refractivity contribution is -0.384. The van der Waals surface area contributed by atoms with Crippen LogP contribution in [0, 0.1) is 11.8 Å². The molecule has 2 aliphatic rings. The first kappa shape index (κ1) is 12.9. The molecule has 1 N–H and O–H groups in total. The minimum atomic E-state index is -0.546. The van der Waals surface area contributed by atoms with Crippen LogP contribution in [0.2, 0.25) is 0 Å². The number of fused-ring (bicyclic) bond motifs is 1. The van der Waals surface area contributed by atoms with Crippen molar-refractivity contribution >= 4 is 34.9 Å². The summed E-state index contributed by atoms with van der Waals surface area (Å²) in [7, 11) is 3.12. The smallest absolute Gasteiger partial charge is 0.273 e. The highest BCUT2D eigenvalue weighted by atomic mass is 32.1. The molecule has 2 rings (SSSR count). The van der Waals surface area contributed by atoms with Crippen LogP contribution in [0.3, 0.4) is 0 Å². The Balaban J connectivity index is 2.50. The van der Waals surface area contributed by atoms with E-state index in [2.05, 4.69) is 4.99 Å². The molecule has 0 aliphatic carbocycles. The van der Waals surface area contributed by atoms with E-state index in [-0.39, 0.29) is 17.9 Å². The molecule has 1 fully saturated rings. The summed E-state index contributed by atoms with van der Waals surface area (Å²) in [4.78, 5) is 30.2. The van der Waals surface area contributed by atoms with Gasteiger partial charge in [-0.05, 0) is 5.92 Å². The molecule has 2 aliphatic heterocycles. The minimum absolute atomic E-state index is 0.243. The Hall–Kier alpha value is -1.56. The fourth-order valence-electron chi connectivity index (χ4n) is 2.18. The highest BCUT2D eigenvalue weighted by Crippen LogP contribution is 2.24. The fraction of sp³-hybridized carbons (Fsp3) is 0.500. The topological polar surface area (TPSA) is 54.6 Å². The van der Waals surface area contributed by atoms with Crippen LogP contribution in [-0.4, -0.2) is 46.5 Å². The van der Waals surface area contributed by atoms with Crippen LogP contribution in [0.25, 0.3) is 0 Å². The summed E-state index contributed by atoms with van der Waals surface area (Å²) in [5.74, 6) is -0.0166. The summed E-state index contributed by atoms with van der Waals surface area (Å²) in [6.45, 7) is 4.05. The van der Waals surface area contributed by atoms with Gasteiger partial charge in [-0.25, -0.2) is 14.7 Å². The average Bonchev–Trinajstić information content (AvgIpc) is 2.32. The van der Waals surface area contributed by atoms with Crippen LogP contribution in [0.4, 0.5) is 4.79 Å². The monoisotopic (exact) mass is 266 g/mol. The van der Waals surface area contributed by atoms with Gasteiger partial charge in [0.1, 0.15) is 0 Å². The number of allylic oxidation sites excluding steroid dienone is 1. The van der Waals surface area contributed by atoms with Gasteiger partial charge >= 0.3 is 6.03 Å². The molecule has 0 radical (unpaired) electrons. The molecule has 1 unspecified atom stereocenters. The molecule has 18 heavy (non-hydrogen) atoms. The Kier molecular flexibility index (Phi) is 3.06. The van der Waals surface area contributed by atoms with Crippen molar-refractivity contribution in [3.63, 3.8) is 0 Å². The summed E-state index contributed by atoms with van der Waals surface area (Å²) in [6, 6.07) is -0.344. The van der Waals surface area contributed by atoms with Crippen molar-refractivity contribution < 1.29 is 14.6 Å². The van der Waals surface area contributed by atoms with E-state index in [1.807, 2.05) is 13.8 Å². The molecular weight excluding hydrogens is 250 g/mol. The van der Waals surface area contributed by atoms with E-state index in [0.717, 1.165) is 10.5 Å². The normalized spacial score (nSPS) is 24.3. The quantitative estimate of drug-likeness (QED) is 0.653. The number of amidine groups is 1. The fourth-order valence-corrected chi connectivity index (χ4v) is 2.69. The Bertz CT molecular complexity index is 507. The van der Waals surface area contributed by atoms with Crippen molar-refractivity contribution in [1.29, 1.82) is 0 Å². The molecule has 0 aromatic heterocycles. The number of amides is 3. The molecule has 1 saturated heterocycles. The molecule has 3 amide bonds. The summed E-state index contributed by atoms with van der Waals surface area (Å²) in [5, 5.41) is 0. The third-order valence-corrected chi connectivity index (χ3v) is 3.80. The molecule has 0 spiro atoms. The summed E-state index contributed by atoms with van der Waals surface area (Å²) in [6.07, 6.45) is 1.79. The first-order valence-electron chi connectivity index (χ1n) is 5.79. The number of urea groups is 1. The summed E-state index contributed by atoms with van der Waals surface area (Å²) < 4.78 is 0. The van der Waals surface area contributed by atoms with E-state index in [1.54, 1.807) is 13.2 Å². The largest absolute Gasteiger partial charge is 0.417 e. The Morgan fingerprint density at radius 2 is 1.89 bits per heavy atom. The maximum Gasteiger partial charge on any atom is 0.417 e.